The summed E-state index contributed by atoms with van der Waals surface area (Å²) in [4.78, 5) is 11.3. The van der Waals surface area contributed by atoms with Gasteiger partial charge in [0.15, 0.2) is 0 Å². The zero-order valence-electron chi connectivity index (χ0n) is 9.43. The van der Waals surface area contributed by atoms with Crippen LogP contribution in [-0.4, -0.2) is 25.8 Å². The van der Waals surface area contributed by atoms with Crippen LogP contribution >= 0.6 is 0 Å². The Kier molecular flexibility index (Phi) is 5.35. The van der Waals surface area contributed by atoms with Gasteiger partial charge in [0.05, 0.1) is 6.61 Å². The molecule has 0 unspecified atom stereocenters. The molecule has 0 saturated heterocycles. The lowest BCUT2D eigenvalue weighted by Gasteiger charge is -2.08. The summed E-state index contributed by atoms with van der Waals surface area (Å²) in [5.41, 5.74) is -0.457. The number of hydrogen-bond acceptors (Lipinski definition) is 2. The minimum Gasteiger partial charge on any atom is -0.380 e. The van der Waals surface area contributed by atoms with E-state index in [1.165, 1.54) is 6.07 Å². The fourth-order valence-electron chi connectivity index (χ4n) is 1.16. The van der Waals surface area contributed by atoms with E-state index >= 15 is 0 Å². The Balaban J connectivity index is 2.45. The second kappa shape index (κ2) is 6.80. The van der Waals surface area contributed by atoms with E-state index in [-0.39, 0.29) is 6.54 Å². The highest BCUT2D eigenvalue weighted by molar-refractivity contribution is 5.89. The van der Waals surface area contributed by atoms with Gasteiger partial charge in [-0.2, -0.15) is 0 Å². The first-order valence-electron chi connectivity index (χ1n) is 5.21. The molecule has 0 bridgehead atoms. The number of ether oxygens (including phenoxy) is 1. The third-order valence-electron chi connectivity index (χ3n) is 1.94. The van der Waals surface area contributed by atoms with Gasteiger partial charge in [-0.1, -0.05) is 6.07 Å². The van der Waals surface area contributed by atoms with Crippen LogP contribution in [0.1, 0.15) is 6.92 Å². The van der Waals surface area contributed by atoms with Gasteiger partial charge in [0.2, 0.25) is 0 Å². The predicted molar refractivity (Wildman–Crippen MR) is 59.9 cm³/mol. The smallest absolute Gasteiger partial charge is 0.319 e. The Morgan fingerprint density at radius 3 is 2.59 bits per heavy atom. The molecule has 0 aliphatic heterocycles. The first-order valence-corrected chi connectivity index (χ1v) is 5.21. The molecule has 0 saturated carbocycles. The lowest BCUT2D eigenvalue weighted by Crippen LogP contribution is -2.32. The molecule has 1 aromatic carbocycles. The Labute approximate surface area is 98.0 Å². The summed E-state index contributed by atoms with van der Waals surface area (Å²) in [6.45, 7) is 3.00. The van der Waals surface area contributed by atoms with Crippen molar-refractivity contribution < 1.29 is 18.3 Å². The molecule has 2 N–H and O–H groups in total. The summed E-state index contributed by atoms with van der Waals surface area (Å²) >= 11 is 0. The Bertz CT molecular complexity index is 365. The number of carbonyl (C=O) groups excluding carboxylic acids is 1. The van der Waals surface area contributed by atoms with Gasteiger partial charge in [0.1, 0.15) is 17.3 Å². The lowest BCUT2D eigenvalue weighted by molar-refractivity contribution is 0.150. The third kappa shape index (κ3) is 4.36. The van der Waals surface area contributed by atoms with Crippen molar-refractivity contribution in [2.24, 2.45) is 0 Å². The van der Waals surface area contributed by atoms with E-state index in [4.69, 9.17) is 4.74 Å². The summed E-state index contributed by atoms with van der Waals surface area (Å²) in [5, 5.41) is 4.51. The molecule has 0 atom stereocenters. The van der Waals surface area contributed by atoms with Crippen LogP contribution in [0.5, 0.6) is 0 Å². The van der Waals surface area contributed by atoms with E-state index in [1.807, 2.05) is 6.92 Å². The van der Waals surface area contributed by atoms with E-state index in [1.54, 1.807) is 0 Å². The molecule has 2 amide bonds. The number of hydrogen-bond donors (Lipinski definition) is 2. The fourth-order valence-corrected chi connectivity index (χ4v) is 1.16. The summed E-state index contributed by atoms with van der Waals surface area (Å²) in [6, 6.07) is 2.69. The van der Waals surface area contributed by atoms with Gasteiger partial charge >= 0.3 is 6.03 Å². The maximum Gasteiger partial charge on any atom is 0.319 e. The Morgan fingerprint density at radius 1 is 1.35 bits per heavy atom. The first-order chi connectivity index (χ1) is 8.15. The molecule has 0 aliphatic rings. The summed E-state index contributed by atoms with van der Waals surface area (Å²) in [5.74, 6) is -1.63. The van der Waals surface area contributed by atoms with Gasteiger partial charge in [0.25, 0.3) is 0 Å². The number of urea groups is 1. The second-order valence-corrected chi connectivity index (χ2v) is 3.17. The van der Waals surface area contributed by atoms with Crippen molar-refractivity contribution >= 4 is 11.7 Å². The number of amides is 2. The molecule has 6 heteroatoms. The van der Waals surface area contributed by atoms with E-state index in [0.29, 0.717) is 13.2 Å². The normalized spacial score (nSPS) is 10.1. The molecule has 1 aromatic rings. The second-order valence-electron chi connectivity index (χ2n) is 3.17. The molecule has 0 spiro atoms. The van der Waals surface area contributed by atoms with Crippen molar-refractivity contribution in [1.82, 2.24) is 5.32 Å². The number of benzene rings is 1. The van der Waals surface area contributed by atoms with Gasteiger partial charge in [-0.25, -0.2) is 13.6 Å². The van der Waals surface area contributed by atoms with Crippen molar-refractivity contribution in [3.8, 4) is 0 Å². The zero-order valence-corrected chi connectivity index (χ0v) is 9.43. The zero-order chi connectivity index (χ0) is 12.7. The minimum atomic E-state index is -0.815. The van der Waals surface area contributed by atoms with E-state index in [0.717, 1.165) is 12.1 Å². The van der Waals surface area contributed by atoms with Gasteiger partial charge in [0, 0.05) is 13.2 Å². The van der Waals surface area contributed by atoms with Crippen LogP contribution in [-0.2, 0) is 4.74 Å². The van der Waals surface area contributed by atoms with Crippen molar-refractivity contribution in [2.75, 3.05) is 25.1 Å². The summed E-state index contributed by atoms with van der Waals surface area (Å²) < 4.78 is 31.3. The summed E-state index contributed by atoms with van der Waals surface area (Å²) in [6.07, 6.45) is 0. The number of carbonyl (C=O) groups is 1. The van der Waals surface area contributed by atoms with Crippen LogP contribution in [0.2, 0.25) is 0 Å². The molecular formula is C11H14F2N2O2. The van der Waals surface area contributed by atoms with E-state index in [9.17, 15) is 13.6 Å². The van der Waals surface area contributed by atoms with Crippen molar-refractivity contribution in [1.29, 1.82) is 0 Å². The van der Waals surface area contributed by atoms with Crippen molar-refractivity contribution in [3.63, 3.8) is 0 Å². The van der Waals surface area contributed by atoms with Crippen LogP contribution in [0.4, 0.5) is 19.3 Å². The number of rotatable bonds is 5. The number of nitrogens with one attached hydrogen (secondary N) is 2. The molecule has 1 rings (SSSR count). The third-order valence-corrected chi connectivity index (χ3v) is 1.94. The van der Waals surface area contributed by atoms with Gasteiger partial charge in [-0.05, 0) is 19.1 Å². The molecule has 0 aliphatic carbocycles. The number of halogens is 2. The molecular weight excluding hydrogens is 230 g/mol. The SMILES string of the molecule is CCOCCNC(=O)Nc1c(F)cccc1F. The maximum absolute atomic E-state index is 13.1. The van der Waals surface area contributed by atoms with Crippen molar-refractivity contribution in [2.45, 2.75) is 6.92 Å². The molecule has 94 valence electrons. The van der Waals surface area contributed by atoms with Gasteiger partial charge in [-0.15, -0.1) is 0 Å². The highest BCUT2D eigenvalue weighted by Gasteiger charge is 2.10. The monoisotopic (exact) mass is 244 g/mol. The number of para-hydroxylation sites is 1. The van der Waals surface area contributed by atoms with Crippen LogP contribution < -0.4 is 10.6 Å². The minimum absolute atomic E-state index is 0.274. The topological polar surface area (TPSA) is 50.4 Å². The summed E-state index contributed by atoms with van der Waals surface area (Å²) in [7, 11) is 0. The van der Waals surface area contributed by atoms with Gasteiger partial charge in [-0.3, -0.25) is 0 Å². The molecule has 0 fully saturated rings. The average molecular weight is 244 g/mol. The Hall–Kier alpha value is -1.69. The maximum atomic E-state index is 13.1. The molecule has 4 nitrogen and oxygen atoms in total. The fraction of sp³-hybridized carbons (Fsp3) is 0.364. The Morgan fingerprint density at radius 2 is 2.00 bits per heavy atom. The largest absolute Gasteiger partial charge is 0.380 e. The highest BCUT2D eigenvalue weighted by Crippen LogP contribution is 2.17. The van der Waals surface area contributed by atoms with Crippen LogP contribution in [0, 0.1) is 11.6 Å². The highest BCUT2D eigenvalue weighted by atomic mass is 19.1. The van der Waals surface area contributed by atoms with Crippen molar-refractivity contribution in [3.05, 3.63) is 29.8 Å². The van der Waals surface area contributed by atoms with Crippen LogP contribution in [0.25, 0.3) is 0 Å². The van der Waals surface area contributed by atoms with Crippen LogP contribution in [0.15, 0.2) is 18.2 Å². The first kappa shape index (κ1) is 13.4. The standard InChI is InChI=1S/C11H14F2N2O2/c1-2-17-7-6-14-11(16)15-10-8(12)4-3-5-9(10)13/h3-5H,2,6-7H2,1H3,(H2,14,15,16). The predicted octanol–water partition coefficient (Wildman–Crippen LogP) is 2.12. The van der Waals surface area contributed by atoms with Crippen LogP contribution in [0.3, 0.4) is 0 Å². The molecule has 0 aromatic heterocycles. The number of anilines is 1. The van der Waals surface area contributed by atoms with Gasteiger partial charge < -0.3 is 15.4 Å². The van der Waals surface area contributed by atoms with E-state index in [2.05, 4.69) is 10.6 Å². The van der Waals surface area contributed by atoms with E-state index < -0.39 is 23.4 Å². The molecule has 0 heterocycles. The molecule has 17 heavy (non-hydrogen) atoms. The molecule has 0 radical (unpaired) electrons. The average Bonchev–Trinajstić information content (AvgIpc) is 2.30. The quantitative estimate of drug-likeness (QED) is 0.779. The lowest BCUT2D eigenvalue weighted by atomic mass is 10.3.